The lowest BCUT2D eigenvalue weighted by atomic mass is 9.84. The Morgan fingerprint density at radius 3 is 1.73 bits per heavy atom. The summed E-state index contributed by atoms with van der Waals surface area (Å²) in [7, 11) is 2.83. The third-order valence-electron chi connectivity index (χ3n) is 6.62. The molecule has 4 aromatic carbocycles. The molecule has 1 aliphatic carbocycles. The molecule has 0 spiro atoms. The SMILES string of the molecule is Pc1cccc(-c2ccccc2C2CC(c3ccccc3)C(c3ccccc3)C2)c1. The maximum Gasteiger partial charge on any atom is -0.00871 e. The predicted octanol–water partition coefficient (Wildman–Crippen LogP) is 7.30. The van der Waals surface area contributed by atoms with Gasteiger partial charge in [-0.15, -0.1) is 9.24 Å². The van der Waals surface area contributed by atoms with E-state index in [1.807, 2.05) is 0 Å². The normalized spacial score (nSPS) is 20.9. The fourth-order valence-corrected chi connectivity index (χ4v) is 5.54. The maximum absolute atomic E-state index is 2.83. The lowest BCUT2D eigenvalue weighted by molar-refractivity contribution is 0.624. The van der Waals surface area contributed by atoms with E-state index in [4.69, 9.17) is 0 Å². The Labute approximate surface area is 182 Å². The summed E-state index contributed by atoms with van der Waals surface area (Å²) < 4.78 is 0. The van der Waals surface area contributed by atoms with Gasteiger partial charge >= 0.3 is 0 Å². The minimum Gasteiger partial charge on any atom is -0.106 e. The fraction of sp³-hybridized carbons (Fsp3) is 0.172. The molecule has 0 bridgehead atoms. The van der Waals surface area contributed by atoms with Crippen LogP contribution in [0.25, 0.3) is 11.1 Å². The van der Waals surface area contributed by atoms with Crippen molar-refractivity contribution in [3.8, 4) is 11.1 Å². The van der Waals surface area contributed by atoms with E-state index >= 15 is 0 Å². The van der Waals surface area contributed by atoms with E-state index < -0.39 is 0 Å². The monoisotopic (exact) mass is 406 g/mol. The van der Waals surface area contributed by atoms with Crippen LogP contribution in [-0.4, -0.2) is 0 Å². The molecule has 3 unspecified atom stereocenters. The Kier molecular flexibility index (Phi) is 5.52. The van der Waals surface area contributed by atoms with Gasteiger partial charge in [0.25, 0.3) is 0 Å². The van der Waals surface area contributed by atoms with E-state index in [9.17, 15) is 0 Å². The molecule has 1 saturated carbocycles. The topological polar surface area (TPSA) is 0 Å². The second kappa shape index (κ2) is 8.58. The van der Waals surface area contributed by atoms with Crippen molar-refractivity contribution >= 4 is 14.5 Å². The number of hydrogen-bond donors (Lipinski definition) is 0. The average Bonchev–Trinajstić information content (AvgIpc) is 3.26. The van der Waals surface area contributed by atoms with Gasteiger partial charge in [0.1, 0.15) is 0 Å². The first-order valence-corrected chi connectivity index (χ1v) is 11.4. The third-order valence-corrected chi connectivity index (χ3v) is 6.98. The Balaban J connectivity index is 1.55. The molecule has 0 saturated heterocycles. The first-order chi connectivity index (χ1) is 14.8. The number of hydrogen-bond acceptors (Lipinski definition) is 0. The quantitative estimate of drug-likeness (QED) is 0.312. The Morgan fingerprint density at radius 1 is 0.567 bits per heavy atom. The third kappa shape index (κ3) is 3.85. The van der Waals surface area contributed by atoms with Crippen molar-refractivity contribution in [2.75, 3.05) is 0 Å². The van der Waals surface area contributed by atoms with E-state index in [1.54, 1.807) is 0 Å². The van der Waals surface area contributed by atoms with E-state index in [0.29, 0.717) is 17.8 Å². The highest BCUT2D eigenvalue weighted by molar-refractivity contribution is 7.27. The zero-order chi connectivity index (χ0) is 20.3. The molecule has 0 amide bonds. The Bertz CT molecular complexity index is 1070. The van der Waals surface area contributed by atoms with Gasteiger partial charge in [0.2, 0.25) is 0 Å². The molecule has 0 aromatic heterocycles. The summed E-state index contributed by atoms with van der Waals surface area (Å²) in [6.45, 7) is 0. The minimum atomic E-state index is 0.555. The molecular weight excluding hydrogens is 379 g/mol. The first kappa shape index (κ1) is 19.3. The molecule has 30 heavy (non-hydrogen) atoms. The summed E-state index contributed by atoms with van der Waals surface area (Å²) >= 11 is 0. The van der Waals surface area contributed by atoms with Gasteiger partial charge in [0, 0.05) is 0 Å². The molecule has 148 valence electrons. The van der Waals surface area contributed by atoms with Crippen LogP contribution in [0.4, 0.5) is 0 Å². The van der Waals surface area contributed by atoms with Crippen LogP contribution in [0.1, 0.15) is 47.3 Å². The van der Waals surface area contributed by atoms with Gasteiger partial charge in [0.15, 0.2) is 0 Å². The predicted molar refractivity (Wildman–Crippen MR) is 132 cm³/mol. The lowest BCUT2D eigenvalue weighted by Crippen LogP contribution is -2.04. The van der Waals surface area contributed by atoms with E-state index in [0.717, 1.165) is 0 Å². The summed E-state index contributed by atoms with van der Waals surface area (Å²) in [4.78, 5) is 0. The van der Waals surface area contributed by atoms with Gasteiger partial charge in [-0.05, 0) is 69.8 Å². The van der Waals surface area contributed by atoms with Crippen molar-refractivity contribution in [1.82, 2.24) is 0 Å². The van der Waals surface area contributed by atoms with Crippen molar-refractivity contribution < 1.29 is 0 Å². The standard InChI is InChI=1S/C29H27P/c30-25-15-9-14-23(18-25)26-16-7-8-17-27(26)24-19-28(21-10-3-1-4-11-21)29(20-24)22-12-5-2-6-13-22/h1-18,24,28-29H,19-20,30H2. The summed E-state index contributed by atoms with van der Waals surface area (Å²) in [6, 6.07) is 40.1. The van der Waals surface area contributed by atoms with Crippen molar-refractivity contribution in [2.24, 2.45) is 0 Å². The fourth-order valence-electron chi connectivity index (χ4n) is 5.25. The molecule has 1 fully saturated rings. The molecule has 0 N–H and O–H groups in total. The molecule has 0 heterocycles. The summed E-state index contributed by atoms with van der Waals surface area (Å²) in [6.07, 6.45) is 2.39. The maximum atomic E-state index is 2.83. The van der Waals surface area contributed by atoms with Gasteiger partial charge in [-0.25, -0.2) is 0 Å². The minimum absolute atomic E-state index is 0.555. The number of benzene rings is 4. The first-order valence-electron chi connectivity index (χ1n) is 10.8. The molecule has 0 nitrogen and oxygen atoms in total. The zero-order valence-electron chi connectivity index (χ0n) is 17.1. The lowest BCUT2D eigenvalue weighted by Gasteiger charge is -2.20. The smallest absolute Gasteiger partial charge is 0.00871 e. The van der Waals surface area contributed by atoms with Gasteiger partial charge in [-0.1, -0.05) is 103 Å². The molecule has 1 heteroatoms. The van der Waals surface area contributed by atoms with Crippen LogP contribution < -0.4 is 5.30 Å². The van der Waals surface area contributed by atoms with Crippen molar-refractivity contribution in [1.29, 1.82) is 0 Å². The molecule has 1 aliphatic rings. The van der Waals surface area contributed by atoms with Crippen LogP contribution in [0.3, 0.4) is 0 Å². The van der Waals surface area contributed by atoms with Gasteiger partial charge in [0.05, 0.1) is 0 Å². The summed E-state index contributed by atoms with van der Waals surface area (Å²) in [5.41, 5.74) is 7.13. The highest BCUT2D eigenvalue weighted by Crippen LogP contribution is 2.53. The van der Waals surface area contributed by atoms with Crippen molar-refractivity contribution in [2.45, 2.75) is 30.6 Å². The van der Waals surface area contributed by atoms with Crippen LogP contribution in [0.5, 0.6) is 0 Å². The molecule has 0 aliphatic heterocycles. The van der Waals surface area contributed by atoms with Crippen LogP contribution in [0, 0.1) is 0 Å². The van der Waals surface area contributed by atoms with Crippen LogP contribution in [0.15, 0.2) is 109 Å². The number of rotatable bonds is 4. The van der Waals surface area contributed by atoms with Crippen molar-refractivity contribution in [3.05, 3.63) is 126 Å². The molecular formula is C29H27P. The molecule has 3 atom stereocenters. The molecule has 5 rings (SSSR count). The molecule has 0 radical (unpaired) electrons. The van der Waals surface area contributed by atoms with E-state index in [-0.39, 0.29) is 0 Å². The van der Waals surface area contributed by atoms with E-state index in [1.165, 1.54) is 46.0 Å². The van der Waals surface area contributed by atoms with Crippen LogP contribution >= 0.6 is 9.24 Å². The highest BCUT2D eigenvalue weighted by atomic mass is 31.0. The largest absolute Gasteiger partial charge is 0.106 e. The van der Waals surface area contributed by atoms with Crippen molar-refractivity contribution in [3.63, 3.8) is 0 Å². The highest BCUT2D eigenvalue weighted by Gasteiger charge is 2.37. The average molecular weight is 407 g/mol. The Hall–Kier alpha value is -2.69. The zero-order valence-corrected chi connectivity index (χ0v) is 18.3. The Morgan fingerprint density at radius 2 is 1.13 bits per heavy atom. The summed E-state index contributed by atoms with van der Waals surface area (Å²) in [5.74, 6) is 1.67. The van der Waals surface area contributed by atoms with Gasteiger partial charge < -0.3 is 0 Å². The second-order valence-electron chi connectivity index (χ2n) is 8.42. The van der Waals surface area contributed by atoms with E-state index in [2.05, 4.69) is 118 Å². The summed E-state index contributed by atoms with van der Waals surface area (Å²) in [5, 5.41) is 1.23. The van der Waals surface area contributed by atoms with Crippen LogP contribution in [-0.2, 0) is 0 Å². The van der Waals surface area contributed by atoms with Crippen LogP contribution in [0.2, 0.25) is 0 Å². The second-order valence-corrected chi connectivity index (χ2v) is 9.08. The molecule has 4 aromatic rings. The van der Waals surface area contributed by atoms with Gasteiger partial charge in [-0.3, -0.25) is 0 Å². The van der Waals surface area contributed by atoms with Gasteiger partial charge in [-0.2, -0.15) is 0 Å².